The number of anilines is 4. The van der Waals surface area contributed by atoms with Gasteiger partial charge in [0.15, 0.2) is 0 Å². The summed E-state index contributed by atoms with van der Waals surface area (Å²) >= 11 is 0. The van der Waals surface area contributed by atoms with Crippen molar-refractivity contribution in [1.82, 2.24) is 19.9 Å². The van der Waals surface area contributed by atoms with Crippen molar-refractivity contribution in [3.8, 4) is 17.0 Å². The van der Waals surface area contributed by atoms with Gasteiger partial charge in [-0.05, 0) is 48.5 Å². The lowest BCUT2D eigenvalue weighted by molar-refractivity contribution is 0.0322. The zero-order chi connectivity index (χ0) is 27.3. The number of benzene rings is 2. The molecule has 2 aliphatic rings. The fourth-order valence-electron chi connectivity index (χ4n) is 4.93. The molecule has 0 spiro atoms. The van der Waals surface area contributed by atoms with Gasteiger partial charge in [-0.2, -0.15) is 4.98 Å². The van der Waals surface area contributed by atoms with E-state index in [9.17, 15) is 0 Å². The van der Waals surface area contributed by atoms with Crippen LogP contribution in [0.15, 0.2) is 54.7 Å². The van der Waals surface area contributed by atoms with Gasteiger partial charge in [0.25, 0.3) is 0 Å². The topological polar surface area (TPSA) is 111 Å². The first-order chi connectivity index (χ1) is 19.6. The van der Waals surface area contributed by atoms with Gasteiger partial charge in [0.05, 0.1) is 32.1 Å². The molecule has 2 aromatic heterocycles. The lowest BCUT2D eigenvalue weighted by Gasteiger charge is -2.28. The van der Waals surface area contributed by atoms with Crippen LogP contribution in [0.1, 0.15) is 0 Å². The van der Waals surface area contributed by atoms with Gasteiger partial charge in [-0.15, -0.1) is 0 Å². The maximum Gasteiger partial charge on any atom is 0.229 e. The van der Waals surface area contributed by atoms with Crippen LogP contribution < -0.4 is 20.7 Å². The van der Waals surface area contributed by atoms with Crippen molar-refractivity contribution in [1.29, 1.82) is 0 Å². The summed E-state index contributed by atoms with van der Waals surface area (Å²) in [5.74, 6) is 0.714. The molecule has 4 aromatic rings. The van der Waals surface area contributed by atoms with E-state index < -0.39 is 5.82 Å². The number of nitrogen functional groups attached to an aromatic ring is 1. The predicted octanol–water partition coefficient (Wildman–Crippen LogP) is 3.70. The highest BCUT2D eigenvalue weighted by Crippen LogP contribution is 2.33. The van der Waals surface area contributed by atoms with Gasteiger partial charge in [-0.1, -0.05) is 0 Å². The second kappa shape index (κ2) is 12.0. The average Bonchev–Trinajstić information content (AvgIpc) is 2.99. The number of nitrogens with one attached hydrogen (secondary N) is 1. The van der Waals surface area contributed by atoms with Crippen molar-refractivity contribution in [2.24, 2.45) is 0 Å². The van der Waals surface area contributed by atoms with Crippen molar-refractivity contribution in [2.45, 2.75) is 0 Å². The first-order valence-corrected chi connectivity index (χ1v) is 13.5. The molecule has 0 atom stereocenters. The Hall–Kier alpha value is -4.06. The van der Waals surface area contributed by atoms with Crippen LogP contribution in [0.5, 0.6) is 5.75 Å². The third-order valence-corrected chi connectivity index (χ3v) is 7.12. The maximum absolute atomic E-state index is 15.1. The summed E-state index contributed by atoms with van der Waals surface area (Å²) in [7, 11) is 0. The van der Waals surface area contributed by atoms with Gasteiger partial charge in [0.1, 0.15) is 29.5 Å². The van der Waals surface area contributed by atoms with Crippen LogP contribution in [0.2, 0.25) is 0 Å². The summed E-state index contributed by atoms with van der Waals surface area (Å²) in [6.45, 7) is 7.67. The van der Waals surface area contributed by atoms with Crippen molar-refractivity contribution >= 4 is 34.0 Å². The Bertz CT molecular complexity index is 1460. The molecule has 10 nitrogen and oxygen atoms in total. The molecule has 2 fully saturated rings. The molecule has 2 saturated heterocycles. The highest BCUT2D eigenvalue weighted by molar-refractivity contribution is 5.97. The van der Waals surface area contributed by atoms with E-state index in [0.29, 0.717) is 34.9 Å². The molecule has 0 unspecified atom stereocenters. The smallest absolute Gasteiger partial charge is 0.229 e. The number of pyridine rings is 1. The number of aromatic nitrogens is 3. The van der Waals surface area contributed by atoms with Gasteiger partial charge in [-0.3, -0.25) is 9.88 Å². The maximum atomic E-state index is 15.1. The minimum absolute atomic E-state index is 0.277. The molecule has 0 amide bonds. The first-order valence-electron chi connectivity index (χ1n) is 13.5. The van der Waals surface area contributed by atoms with Crippen molar-refractivity contribution in [2.75, 3.05) is 81.7 Å². The van der Waals surface area contributed by atoms with E-state index >= 15 is 4.39 Å². The standard InChI is InChI=1S/C29H32FN7O3/c30-25-6-5-22(40-18-11-36-9-14-38-15-10-36)19-24(25)26-27-23(7-8-32-26)28(31)35-29(34-27)33-20-1-3-21(4-2-20)37-12-16-39-17-13-37/h1-8,19H,9-18H2,(H3,31,33,34,35). The lowest BCUT2D eigenvalue weighted by atomic mass is 10.1. The Balaban J connectivity index is 1.23. The van der Waals surface area contributed by atoms with Crippen LogP contribution in [0, 0.1) is 5.82 Å². The van der Waals surface area contributed by atoms with Crippen LogP contribution in [0.4, 0.5) is 27.5 Å². The molecular formula is C29H32FN7O3. The number of halogens is 1. The molecule has 40 heavy (non-hydrogen) atoms. The average molecular weight is 546 g/mol. The van der Waals surface area contributed by atoms with E-state index in [-0.39, 0.29) is 11.4 Å². The highest BCUT2D eigenvalue weighted by atomic mass is 19.1. The van der Waals surface area contributed by atoms with Crippen LogP contribution >= 0.6 is 0 Å². The zero-order valence-corrected chi connectivity index (χ0v) is 22.2. The highest BCUT2D eigenvalue weighted by Gasteiger charge is 2.17. The zero-order valence-electron chi connectivity index (χ0n) is 22.2. The lowest BCUT2D eigenvalue weighted by Crippen LogP contribution is -2.38. The second-order valence-electron chi connectivity index (χ2n) is 9.70. The number of fused-ring (bicyclic) bond motifs is 1. The van der Waals surface area contributed by atoms with Gasteiger partial charge >= 0.3 is 0 Å². The number of nitrogens with two attached hydrogens (primary N) is 1. The van der Waals surface area contributed by atoms with Gasteiger partial charge in [-0.25, -0.2) is 9.37 Å². The van der Waals surface area contributed by atoms with E-state index in [0.717, 1.165) is 70.5 Å². The number of morpholine rings is 2. The number of nitrogens with zero attached hydrogens (tertiary/aromatic N) is 5. The molecule has 0 radical (unpaired) electrons. The van der Waals surface area contributed by atoms with Gasteiger partial charge in [0, 0.05) is 61.2 Å². The number of hydrogen-bond donors (Lipinski definition) is 2. The van der Waals surface area contributed by atoms with E-state index in [2.05, 4.69) is 25.1 Å². The van der Waals surface area contributed by atoms with Crippen LogP contribution in [-0.2, 0) is 9.47 Å². The molecule has 0 aliphatic carbocycles. The first kappa shape index (κ1) is 26.2. The van der Waals surface area contributed by atoms with Crippen molar-refractivity contribution < 1.29 is 18.6 Å². The summed E-state index contributed by atoms with van der Waals surface area (Å²) in [5.41, 5.74) is 9.35. The fourth-order valence-corrected chi connectivity index (χ4v) is 4.93. The number of ether oxygens (including phenoxy) is 3. The van der Waals surface area contributed by atoms with Crippen LogP contribution in [0.25, 0.3) is 22.2 Å². The summed E-state index contributed by atoms with van der Waals surface area (Å²) < 4.78 is 31.9. The van der Waals surface area contributed by atoms with Crippen LogP contribution in [-0.4, -0.2) is 85.6 Å². The molecule has 4 heterocycles. The Kier molecular flexibility index (Phi) is 7.85. The molecular weight excluding hydrogens is 513 g/mol. The van der Waals surface area contributed by atoms with Crippen LogP contribution in [0.3, 0.4) is 0 Å². The normalized spacial score (nSPS) is 16.3. The monoisotopic (exact) mass is 545 g/mol. The van der Waals surface area contributed by atoms with E-state index in [4.69, 9.17) is 24.9 Å². The van der Waals surface area contributed by atoms with Gasteiger partial charge in [0.2, 0.25) is 5.95 Å². The Morgan fingerprint density at radius 2 is 1.68 bits per heavy atom. The summed E-state index contributed by atoms with van der Waals surface area (Å²) in [6.07, 6.45) is 1.58. The quantitative estimate of drug-likeness (QED) is 0.340. The third kappa shape index (κ3) is 5.91. The molecule has 0 saturated carbocycles. The predicted molar refractivity (Wildman–Crippen MR) is 153 cm³/mol. The summed E-state index contributed by atoms with van der Waals surface area (Å²) in [4.78, 5) is 18.2. The minimum atomic E-state index is -0.425. The second-order valence-corrected chi connectivity index (χ2v) is 9.70. The molecule has 2 aromatic carbocycles. The Morgan fingerprint density at radius 1 is 0.925 bits per heavy atom. The third-order valence-electron chi connectivity index (χ3n) is 7.12. The molecule has 11 heteroatoms. The van der Waals surface area contributed by atoms with E-state index in [1.165, 1.54) is 6.07 Å². The molecule has 0 bridgehead atoms. The molecule has 208 valence electrons. The van der Waals surface area contributed by atoms with Crippen molar-refractivity contribution in [3.63, 3.8) is 0 Å². The molecule has 3 N–H and O–H groups in total. The number of rotatable bonds is 8. The SMILES string of the molecule is Nc1nc(Nc2ccc(N3CCOCC3)cc2)nc2c(-c3cc(OCCN4CCOCC4)ccc3F)nccc12. The Morgan fingerprint density at radius 3 is 2.45 bits per heavy atom. The molecule has 6 rings (SSSR count). The summed E-state index contributed by atoms with van der Waals surface area (Å²) in [5, 5.41) is 3.82. The summed E-state index contributed by atoms with van der Waals surface area (Å²) in [6, 6.07) is 14.4. The van der Waals surface area contributed by atoms with E-state index in [1.54, 1.807) is 24.4 Å². The Labute approximate surface area is 231 Å². The fraction of sp³-hybridized carbons (Fsp3) is 0.345. The number of hydrogen-bond acceptors (Lipinski definition) is 10. The van der Waals surface area contributed by atoms with Crippen molar-refractivity contribution in [3.05, 3.63) is 60.5 Å². The van der Waals surface area contributed by atoms with E-state index in [1.807, 2.05) is 24.3 Å². The largest absolute Gasteiger partial charge is 0.492 e. The van der Waals surface area contributed by atoms with Gasteiger partial charge < -0.3 is 30.2 Å². The minimum Gasteiger partial charge on any atom is -0.492 e. The molecule has 2 aliphatic heterocycles.